The Morgan fingerprint density at radius 1 is 1.31 bits per heavy atom. The van der Waals surface area contributed by atoms with Crippen molar-refractivity contribution in [1.82, 2.24) is 14.9 Å². The van der Waals surface area contributed by atoms with Crippen LogP contribution < -0.4 is 5.56 Å². The van der Waals surface area contributed by atoms with Crippen LogP contribution in [-0.2, 0) is 20.7 Å². The molecule has 1 N–H and O–H groups in total. The third-order valence-corrected chi connectivity index (χ3v) is 4.77. The molecule has 2 rings (SSSR count). The zero-order chi connectivity index (χ0) is 19.1. The first-order valence-electron chi connectivity index (χ1n) is 8.01. The maximum absolute atomic E-state index is 12.4. The van der Waals surface area contributed by atoms with Crippen LogP contribution in [0.3, 0.4) is 0 Å². The first kappa shape index (κ1) is 19.7. The van der Waals surface area contributed by atoms with Crippen molar-refractivity contribution in [2.24, 2.45) is 0 Å². The molecule has 0 saturated heterocycles. The van der Waals surface area contributed by atoms with Crippen molar-refractivity contribution in [2.45, 2.75) is 24.5 Å². The van der Waals surface area contributed by atoms with Crippen LogP contribution in [0.1, 0.15) is 24.2 Å². The third-order valence-electron chi connectivity index (χ3n) is 3.91. The standard InChI is InChI=1S/C18H21N3O4S/c1-12(13-7-5-4-6-8-13)21(2)16(23)11-26-18-19-14(9-15(22)20-18)10-17(24)25-3/h4-9,12H,10-11H2,1-3H3,(H,19,20,22)/t12-/m1/s1. The van der Waals surface area contributed by atoms with Gasteiger partial charge in [-0.25, -0.2) is 4.98 Å². The summed E-state index contributed by atoms with van der Waals surface area (Å²) in [5.41, 5.74) is 0.973. The van der Waals surface area contributed by atoms with Crippen molar-refractivity contribution in [3.63, 3.8) is 0 Å². The van der Waals surface area contributed by atoms with E-state index in [0.29, 0.717) is 10.9 Å². The number of nitrogens with zero attached hydrogens (tertiary/aromatic N) is 2. The molecule has 0 spiro atoms. The van der Waals surface area contributed by atoms with Crippen LogP contribution >= 0.6 is 11.8 Å². The summed E-state index contributed by atoms with van der Waals surface area (Å²) in [5, 5.41) is 0.297. The van der Waals surface area contributed by atoms with E-state index in [0.717, 1.165) is 17.3 Å². The molecule has 0 aliphatic carbocycles. The number of rotatable bonds is 7. The molecule has 0 bridgehead atoms. The highest BCUT2D eigenvalue weighted by molar-refractivity contribution is 7.99. The average molecular weight is 375 g/mol. The molecule has 0 aliphatic heterocycles. The van der Waals surface area contributed by atoms with Gasteiger partial charge >= 0.3 is 5.97 Å². The smallest absolute Gasteiger partial charge is 0.311 e. The van der Waals surface area contributed by atoms with E-state index in [1.54, 1.807) is 11.9 Å². The predicted molar refractivity (Wildman–Crippen MR) is 98.9 cm³/mol. The van der Waals surface area contributed by atoms with Gasteiger partial charge < -0.3 is 14.6 Å². The Bertz CT molecular complexity index is 823. The highest BCUT2D eigenvalue weighted by atomic mass is 32.2. The number of aromatic amines is 1. The van der Waals surface area contributed by atoms with Gasteiger partial charge in [0, 0.05) is 13.1 Å². The fraction of sp³-hybridized carbons (Fsp3) is 0.333. The lowest BCUT2D eigenvalue weighted by Gasteiger charge is -2.25. The molecular formula is C18H21N3O4S. The zero-order valence-corrected chi connectivity index (χ0v) is 15.7. The number of benzene rings is 1. The van der Waals surface area contributed by atoms with Gasteiger partial charge in [0.1, 0.15) is 0 Å². The van der Waals surface area contributed by atoms with E-state index in [1.807, 2.05) is 37.3 Å². The second-order valence-corrected chi connectivity index (χ2v) is 6.64. The van der Waals surface area contributed by atoms with Crippen LogP contribution in [0.15, 0.2) is 46.3 Å². The summed E-state index contributed by atoms with van der Waals surface area (Å²) in [6.45, 7) is 1.95. The molecule has 0 aliphatic rings. The van der Waals surface area contributed by atoms with Crippen molar-refractivity contribution in [2.75, 3.05) is 19.9 Å². The van der Waals surface area contributed by atoms with E-state index in [1.165, 1.54) is 13.2 Å². The van der Waals surface area contributed by atoms with E-state index in [-0.39, 0.29) is 29.7 Å². The van der Waals surface area contributed by atoms with E-state index in [4.69, 9.17) is 0 Å². The largest absolute Gasteiger partial charge is 0.469 e. The lowest BCUT2D eigenvalue weighted by atomic mass is 10.1. The topological polar surface area (TPSA) is 92.4 Å². The Balaban J connectivity index is 2.00. The molecule has 0 unspecified atom stereocenters. The van der Waals surface area contributed by atoms with Gasteiger partial charge in [0.2, 0.25) is 5.91 Å². The summed E-state index contributed by atoms with van der Waals surface area (Å²) < 4.78 is 4.57. The Hall–Kier alpha value is -2.61. The van der Waals surface area contributed by atoms with Crippen LogP contribution in [0.5, 0.6) is 0 Å². The lowest BCUT2D eigenvalue weighted by Crippen LogP contribution is -2.31. The van der Waals surface area contributed by atoms with Crippen LogP contribution in [0.2, 0.25) is 0 Å². The molecule has 2 aromatic rings. The van der Waals surface area contributed by atoms with Crippen molar-refractivity contribution < 1.29 is 14.3 Å². The van der Waals surface area contributed by atoms with Gasteiger partial charge in [0.05, 0.1) is 31.0 Å². The van der Waals surface area contributed by atoms with E-state index < -0.39 is 5.97 Å². The van der Waals surface area contributed by atoms with Crippen LogP contribution in [-0.4, -0.2) is 46.7 Å². The van der Waals surface area contributed by atoms with Gasteiger partial charge in [-0.05, 0) is 12.5 Å². The molecular weight excluding hydrogens is 354 g/mol. The summed E-state index contributed by atoms with van der Waals surface area (Å²) in [6.07, 6.45) is -0.0904. The molecule has 138 valence electrons. The van der Waals surface area contributed by atoms with Gasteiger partial charge in [-0.15, -0.1) is 0 Å². The molecule has 26 heavy (non-hydrogen) atoms. The summed E-state index contributed by atoms with van der Waals surface area (Å²) in [4.78, 5) is 43.9. The summed E-state index contributed by atoms with van der Waals surface area (Å²) in [6, 6.07) is 10.9. The van der Waals surface area contributed by atoms with Gasteiger partial charge in [0.15, 0.2) is 5.16 Å². The highest BCUT2D eigenvalue weighted by Gasteiger charge is 2.18. The average Bonchev–Trinajstić information content (AvgIpc) is 2.65. The quantitative estimate of drug-likeness (QED) is 0.451. The SMILES string of the molecule is COC(=O)Cc1cc(=O)[nH]c(SCC(=O)N(C)[C@H](C)c2ccccc2)n1. The predicted octanol–water partition coefficient (Wildman–Crippen LogP) is 1.80. The first-order valence-corrected chi connectivity index (χ1v) is 8.99. The summed E-state index contributed by atoms with van der Waals surface area (Å²) in [7, 11) is 3.01. The third kappa shape index (κ3) is 5.45. The van der Waals surface area contributed by atoms with Gasteiger partial charge in [-0.2, -0.15) is 0 Å². The highest BCUT2D eigenvalue weighted by Crippen LogP contribution is 2.20. The minimum absolute atomic E-state index is 0.0676. The molecule has 1 aromatic carbocycles. The lowest BCUT2D eigenvalue weighted by molar-refractivity contribution is -0.139. The summed E-state index contributed by atoms with van der Waals surface area (Å²) in [5.74, 6) is -0.447. The Labute approximate surface area is 155 Å². The number of nitrogens with one attached hydrogen (secondary N) is 1. The number of ether oxygens (including phenoxy) is 1. The number of carbonyl (C=O) groups is 2. The molecule has 1 amide bonds. The van der Waals surface area contributed by atoms with Crippen molar-refractivity contribution in [3.8, 4) is 0 Å². The molecule has 0 radical (unpaired) electrons. The zero-order valence-electron chi connectivity index (χ0n) is 14.9. The number of thioether (sulfide) groups is 1. The van der Waals surface area contributed by atoms with E-state index in [9.17, 15) is 14.4 Å². The molecule has 8 heteroatoms. The van der Waals surface area contributed by atoms with Crippen LogP contribution in [0, 0.1) is 0 Å². The number of aromatic nitrogens is 2. The van der Waals surface area contributed by atoms with Gasteiger partial charge in [-0.1, -0.05) is 42.1 Å². The minimum atomic E-state index is -0.480. The molecule has 0 fully saturated rings. The number of H-pyrrole nitrogens is 1. The fourth-order valence-electron chi connectivity index (χ4n) is 2.27. The Morgan fingerprint density at radius 3 is 2.65 bits per heavy atom. The van der Waals surface area contributed by atoms with Gasteiger partial charge in [0.25, 0.3) is 5.56 Å². The maximum atomic E-state index is 12.4. The van der Waals surface area contributed by atoms with Crippen molar-refractivity contribution in [1.29, 1.82) is 0 Å². The molecule has 1 atom stereocenters. The van der Waals surface area contributed by atoms with Crippen LogP contribution in [0.4, 0.5) is 0 Å². The number of carbonyl (C=O) groups excluding carboxylic acids is 2. The number of esters is 1. The molecule has 1 heterocycles. The second kappa shape index (κ2) is 9.19. The maximum Gasteiger partial charge on any atom is 0.311 e. The first-order chi connectivity index (χ1) is 12.4. The number of methoxy groups -OCH3 is 1. The normalized spacial score (nSPS) is 11.7. The number of amides is 1. The van der Waals surface area contributed by atoms with Gasteiger partial charge in [-0.3, -0.25) is 14.4 Å². The second-order valence-electron chi connectivity index (χ2n) is 5.67. The summed E-state index contributed by atoms with van der Waals surface area (Å²) >= 11 is 1.12. The van der Waals surface area contributed by atoms with E-state index >= 15 is 0 Å². The number of hydrogen-bond acceptors (Lipinski definition) is 6. The van der Waals surface area contributed by atoms with Crippen LogP contribution in [0.25, 0.3) is 0 Å². The minimum Gasteiger partial charge on any atom is -0.469 e. The molecule has 1 aromatic heterocycles. The molecule has 7 nitrogen and oxygen atoms in total. The molecule has 0 saturated carbocycles. The van der Waals surface area contributed by atoms with Crippen molar-refractivity contribution >= 4 is 23.6 Å². The van der Waals surface area contributed by atoms with Crippen molar-refractivity contribution in [3.05, 3.63) is 58.0 Å². The Morgan fingerprint density at radius 2 is 2.00 bits per heavy atom. The monoisotopic (exact) mass is 375 g/mol. The number of hydrogen-bond donors (Lipinski definition) is 1. The Kier molecular flexibility index (Phi) is 6.97. The fourth-order valence-corrected chi connectivity index (χ4v) is 3.08. The van der Waals surface area contributed by atoms with E-state index in [2.05, 4.69) is 14.7 Å².